The van der Waals surface area contributed by atoms with Gasteiger partial charge < -0.3 is 10.6 Å². The van der Waals surface area contributed by atoms with Gasteiger partial charge in [0.25, 0.3) is 0 Å². The summed E-state index contributed by atoms with van der Waals surface area (Å²) >= 11 is 0. The van der Waals surface area contributed by atoms with Gasteiger partial charge in [-0.1, -0.05) is 0 Å². The third-order valence-electron chi connectivity index (χ3n) is 3.63. The topological polar surface area (TPSA) is 53.1 Å². The van der Waals surface area contributed by atoms with Crippen LogP contribution in [0.1, 0.15) is 30.4 Å². The molecule has 6 heteroatoms. The number of nitrogens with zero attached hydrogens (tertiary/aromatic N) is 1. The summed E-state index contributed by atoms with van der Waals surface area (Å²) in [7, 11) is 1.80. The second-order valence-electron chi connectivity index (χ2n) is 4.84. The molecule has 0 aromatic heterocycles. The average Bonchev–Trinajstić information content (AvgIpc) is 2.24. The van der Waals surface area contributed by atoms with Crippen molar-refractivity contribution >= 4 is 11.5 Å². The molecule has 0 atom stereocenters. The number of halogens is 3. The number of hydrogen-bond acceptors (Lipinski definition) is 2. The van der Waals surface area contributed by atoms with Crippen molar-refractivity contribution in [1.29, 1.82) is 5.41 Å². The molecule has 2 rings (SSSR count). The molecule has 0 unspecified atom stereocenters. The summed E-state index contributed by atoms with van der Waals surface area (Å²) < 4.78 is 38.9. The molecule has 1 fully saturated rings. The van der Waals surface area contributed by atoms with Crippen molar-refractivity contribution in [3.8, 4) is 0 Å². The Kier molecular flexibility index (Phi) is 3.43. The Morgan fingerprint density at radius 1 is 1.37 bits per heavy atom. The Morgan fingerprint density at radius 3 is 2.42 bits per heavy atom. The highest BCUT2D eigenvalue weighted by atomic mass is 19.4. The van der Waals surface area contributed by atoms with E-state index in [1.807, 2.05) is 4.90 Å². The fraction of sp³-hybridized carbons (Fsp3) is 0.462. The van der Waals surface area contributed by atoms with E-state index in [4.69, 9.17) is 11.1 Å². The van der Waals surface area contributed by atoms with E-state index in [1.165, 1.54) is 6.07 Å². The number of anilines is 1. The SMILES string of the molecule is CN(c1ccc(C(=N)N)c(C(F)(F)F)c1)C1CCC1. The Balaban J connectivity index is 2.40. The van der Waals surface area contributed by atoms with Gasteiger partial charge in [0.2, 0.25) is 0 Å². The van der Waals surface area contributed by atoms with E-state index in [1.54, 1.807) is 13.1 Å². The Morgan fingerprint density at radius 2 is 2.00 bits per heavy atom. The number of nitrogen functional groups attached to an aromatic ring is 1. The molecule has 1 aliphatic rings. The highest BCUT2D eigenvalue weighted by Crippen LogP contribution is 2.36. The number of nitrogens with one attached hydrogen (secondary N) is 1. The fourth-order valence-electron chi connectivity index (χ4n) is 2.21. The molecule has 1 aliphatic carbocycles. The maximum atomic E-state index is 13.0. The van der Waals surface area contributed by atoms with Crippen LogP contribution in [0.5, 0.6) is 0 Å². The van der Waals surface area contributed by atoms with Crippen LogP contribution in [0.2, 0.25) is 0 Å². The van der Waals surface area contributed by atoms with Crippen LogP contribution < -0.4 is 10.6 Å². The van der Waals surface area contributed by atoms with Gasteiger partial charge in [0.1, 0.15) is 5.84 Å². The van der Waals surface area contributed by atoms with E-state index in [9.17, 15) is 13.2 Å². The summed E-state index contributed by atoms with van der Waals surface area (Å²) in [4.78, 5) is 1.86. The second-order valence-corrected chi connectivity index (χ2v) is 4.84. The zero-order valence-corrected chi connectivity index (χ0v) is 10.6. The quantitative estimate of drug-likeness (QED) is 0.656. The van der Waals surface area contributed by atoms with E-state index >= 15 is 0 Å². The lowest BCUT2D eigenvalue weighted by Gasteiger charge is -2.36. The second kappa shape index (κ2) is 4.75. The van der Waals surface area contributed by atoms with Crippen molar-refractivity contribution in [3.63, 3.8) is 0 Å². The van der Waals surface area contributed by atoms with Crippen LogP contribution in [-0.4, -0.2) is 18.9 Å². The molecule has 0 saturated heterocycles. The molecule has 0 aliphatic heterocycles. The predicted molar refractivity (Wildman–Crippen MR) is 68.5 cm³/mol. The van der Waals surface area contributed by atoms with Gasteiger partial charge >= 0.3 is 6.18 Å². The minimum atomic E-state index is -4.50. The molecule has 3 nitrogen and oxygen atoms in total. The van der Waals surface area contributed by atoms with Crippen LogP contribution in [0.4, 0.5) is 18.9 Å². The Bertz CT molecular complexity index is 492. The summed E-state index contributed by atoms with van der Waals surface area (Å²) in [5.41, 5.74) is 4.61. The van der Waals surface area contributed by atoms with E-state index < -0.39 is 17.6 Å². The predicted octanol–water partition coefficient (Wildman–Crippen LogP) is 2.98. The highest BCUT2D eigenvalue weighted by Gasteiger charge is 2.35. The van der Waals surface area contributed by atoms with Crippen LogP contribution >= 0.6 is 0 Å². The fourth-order valence-corrected chi connectivity index (χ4v) is 2.21. The van der Waals surface area contributed by atoms with Crippen LogP contribution in [0, 0.1) is 5.41 Å². The smallest absolute Gasteiger partial charge is 0.384 e. The molecule has 0 heterocycles. The lowest BCUT2D eigenvalue weighted by Crippen LogP contribution is -2.37. The summed E-state index contributed by atoms with van der Waals surface area (Å²) in [6.45, 7) is 0. The number of amidine groups is 1. The van der Waals surface area contributed by atoms with E-state index in [-0.39, 0.29) is 5.56 Å². The van der Waals surface area contributed by atoms with Crippen molar-refractivity contribution in [2.75, 3.05) is 11.9 Å². The minimum Gasteiger partial charge on any atom is -0.384 e. The molecule has 0 bridgehead atoms. The Labute approximate surface area is 109 Å². The number of nitrogens with two attached hydrogens (primary N) is 1. The van der Waals surface area contributed by atoms with Crippen molar-refractivity contribution in [3.05, 3.63) is 29.3 Å². The lowest BCUT2D eigenvalue weighted by molar-refractivity contribution is -0.137. The molecule has 19 heavy (non-hydrogen) atoms. The van der Waals surface area contributed by atoms with Crippen LogP contribution in [0.3, 0.4) is 0 Å². The largest absolute Gasteiger partial charge is 0.417 e. The molecule has 104 valence electrons. The van der Waals surface area contributed by atoms with Gasteiger partial charge in [0.15, 0.2) is 0 Å². The zero-order chi connectivity index (χ0) is 14.2. The molecule has 1 saturated carbocycles. The number of hydrogen-bond donors (Lipinski definition) is 2. The van der Waals surface area contributed by atoms with Crippen LogP contribution in [0.15, 0.2) is 18.2 Å². The van der Waals surface area contributed by atoms with Crippen LogP contribution in [-0.2, 0) is 6.18 Å². The van der Waals surface area contributed by atoms with Gasteiger partial charge in [-0.2, -0.15) is 13.2 Å². The normalized spacial score (nSPS) is 16.0. The first-order valence-corrected chi connectivity index (χ1v) is 6.09. The third-order valence-corrected chi connectivity index (χ3v) is 3.63. The number of benzene rings is 1. The molecule has 0 spiro atoms. The summed E-state index contributed by atoms with van der Waals surface area (Å²) in [6, 6.07) is 4.25. The maximum Gasteiger partial charge on any atom is 0.417 e. The first-order valence-electron chi connectivity index (χ1n) is 6.09. The van der Waals surface area contributed by atoms with Crippen molar-refractivity contribution in [2.24, 2.45) is 5.73 Å². The standard InChI is InChI=1S/C13H16F3N3/c1-19(8-3-2-4-8)9-5-6-10(12(17)18)11(7-9)13(14,15)16/h5-8H,2-4H2,1H3,(H3,17,18). The van der Waals surface area contributed by atoms with E-state index in [0.29, 0.717) is 11.7 Å². The molecular formula is C13H16F3N3. The van der Waals surface area contributed by atoms with Gasteiger partial charge in [0, 0.05) is 24.3 Å². The van der Waals surface area contributed by atoms with Gasteiger partial charge in [-0.3, -0.25) is 5.41 Å². The molecule has 0 radical (unpaired) electrons. The zero-order valence-electron chi connectivity index (χ0n) is 10.6. The number of alkyl halides is 3. The highest BCUT2D eigenvalue weighted by molar-refractivity contribution is 5.97. The summed E-state index contributed by atoms with van der Waals surface area (Å²) in [6.07, 6.45) is -1.37. The van der Waals surface area contributed by atoms with Gasteiger partial charge in [0.05, 0.1) is 5.56 Å². The first kappa shape index (κ1) is 13.7. The van der Waals surface area contributed by atoms with E-state index in [0.717, 1.165) is 25.3 Å². The maximum absolute atomic E-state index is 13.0. The lowest BCUT2D eigenvalue weighted by atomic mass is 9.91. The summed E-state index contributed by atoms with van der Waals surface area (Å²) in [5.74, 6) is -0.565. The monoisotopic (exact) mass is 271 g/mol. The summed E-state index contributed by atoms with van der Waals surface area (Å²) in [5, 5.41) is 7.23. The molecule has 0 amide bonds. The van der Waals surface area contributed by atoms with Crippen molar-refractivity contribution < 1.29 is 13.2 Å². The Hall–Kier alpha value is -1.72. The average molecular weight is 271 g/mol. The van der Waals surface area contributed by atoms with Gasteiger partial charge in [-0.05, 0) is 37.5 Å². The first-order chi connectivity index (χ1) is 8.80. The molecule has 1 aromatic carbocycles. The molecule has 3 N–H and O–H groups in total. The molecule has 1 aromatic rings. The van der Waals surface area contributed by atoms with E-state index in [2.05, 4.69) is 0 Å². The van der Waals surface area contributed by atoms with Gasteiger partial charge in [-0.25, -0.2) is 0 Å². The number of rotatable bonds is 3. The van der Waals surface area contributed by atoms with Gasteiger partial charge in [-0.15, -0.1) is 0 Å². The minimum absolute atomic E-state index is 0.266. The van der Waals surface area contributed by atoms with Crippen molar-refractivity contribution in [1.82, 2.24) is 0 Å². The third kappa shape index (κ3) is 2.67. The molecular weight excluding hydrogens is 255 g/mol. The van der Waals surface area contributed by atoms with Crippen molar-refractivity contribution in [2.45, 2.75) is 31.5 Å². The van der Waals surface area contributed by atoms with Crippen LogP contribution in [0.25, 0.3) is 0 Å².